The number of nitrogens with zero attached hydrogens (tertiary/aromatic N) is 1. The number of thiophene rings is 1. The highest BCUT2D eigenvalue weighted by atomic mass is 32.2. The first-order valence-corrected chi connectivity index (χ1v) is 7.80. The fourth-order valence-corrected chi connectivity index (χ4v) is 3.62. The van der Waals surface area contributed by atoms with E-state index in [0.29, 0.717) is 16.3 Å². The number of H-pyrrole nitrogens is 1. The van der Waals surface area contributed by atoms with Gasteiger partial charge in [0.2, 0.25) is 0 Å². The molecule has 3 aromatic rings. The predicted octanol–water partition coefficient (Wildman–Crippen LogP) is 3.72. The van der Waals surface area contributed by atoms with Crippen molar-refractivity contribution in [2.45, 2.75) is 17.8 Å². The number of aryl methyl sites for hydroxylation is 1. The third-order valence-corrected chi connectivity index (χ3v) is 4.66. The van der Waals surface area contributed by atoms with E-state index in [1.165, 1.54) is 35.2 Å². The summed E-state index contributed by atoms with van der Waals surface area (Å²) >= 11 is 2.89. The third kappa shape index (κ3) is 2.76. The van der Waals surface area contributed by atoms with Gasteiger partial charge in [-0.1, -0.05) is 23.9 Å². The van der Waals surface area contributed by atoms with Crippen molar-refractivity contribution >= 4 is 33.3 Å². The van der Waals surface area contributed by atoms with Crippen LogP contribution in [-0.2, 0) is 5.75 Å². The Morgan fingerprint density at radius 1 is 1.40 bits per heavy atom. The standard InChI is InChI=1S/C14H11FN2OS2/c1-8-5-11-12(18)16-14(17-13(11)20-8)19-7-9-3-2-4-10(15)6-9/h2-6H,7H2,1H3,(H,16,17,18). The lowest BCUT2D eigenvalue weighted by Crippen LogP contribution is -2.07. The van der Waals surface area contributed by atoms with Crippen LogP contribution in [-0.4, -0.2) is 9.97 Å². The molecule has 20 heavy (non-hydrogen) atoms. The van der Waals surface area contributed by atoms with Gasteiger partial charge in [-0.05, 0) is 30.7 Å². The van der Waals surface area contributed by atoms with Crippen LogP contribution in [0, 0.1) is 12.7 Å². The second-order valence-electron chi connectivity index (χ2n) is 4.37. The highest BCUT2D eigenvalue weighted by Gasteiger charge is 2.07. The fraction of sp³-hybridized carbons (Fsp3) is 0.143. The highest BCUT2D eigenvalue weighted by molar-refractivity contribution is 7.98. The average Bonchev–Trinajstić information content (AvgIpc) is 2.78. The molecule has 102 valence electrons. The van der Waals surface area contributed by atoms with Crippen molar-refractivity contribution in [3.63, 3.8) is 0 Å². The molecule has 2 heterocycles. The molecule has 1 N–H and O–H groups in total. The number of rotatable bonds is 3. The van der Waals surface area contributed by atoms with Crippen LogP contribution in [0.2, 0.25) is 0 Å². The van der Waals surface area contributed by atoms with E-state index < -0.39 is 0 Å². The van der Waals surface area contributed by atoms with Crippen molar-refractivity contribution < 1.29 is 4.39 Å². The number of halogens is 1. The lowest BCUT2D eigenvalue weighted by Gasteiger charge is -2.01. The number of aromatic amines is 1. The average molecular weight is 306 g/mol. The van der Waals surface area contributed by atoms with Gasteiger partial charge in [0, 0.05) is 10.6 Å². The molecule has 1 aromatic carbocycles. The number of hydrogen-bond donors (Lipinski definition) is 1. The van der Waals surface area contributed by atoms with Crippen molar-refractivity contribution in [1.29, 1.82) is 0 Å². The van der Waals surface area contributed by atoms with Gasteiger partial charge < -0.3 is 4.98 Å². The first kappa shape index (κ1) is 13.3. The molecule has 0 amide bonds. The van der Waals surface area contributed by atoms with Crippen LogP contribution in [0.5, 0.6) is 0 Å². The number of aromatic nitrogens is 2. The Morgan fingerprint density at radius 3 is 3.05 bits per heavy atom. The number of hydrogen-bond acceptors (Lipinski definition) is 4. The molecular weight excluding hydrogens is 295 g/mol. The molecular formula is C14H11FN2OS2. The van der Waals surface area contributed by atoms with Gasteiger partial charge in [0.15, 0.2) is 5.16 Å². The topological polar surface area (TPSA) is 45.8 Å². The Bertz CT molecular complexity index is 825. The van der Waals surface area contributed by atoms with Crippen molar-refractivity contribution in [1.82, 2.24) is 9.97 Å². The SMILES string of the molecule is Cc1cc2c(=O)[nH]c(SCc3cccc(F)c3)nc2s1. The van der Waals surface area contributed by atoms with Crippen molar-refractivity contribution in [3.8, 4) is 0 Å². The Morgan fingerprint density at radius 2 is 2.25 bits per heavy atom. The zero-order valence-corrected chi connectivity index (χ0v) is 12.3. The molecule has 3 rings (SSSR count). The van der Waals surface area contributed by atoms with Gasteiger partial charge in [0.05, 0.1) is 5.39 Å². The Labute approximate surface area is 122 Å². The molecule has 0 radical (unpaired) electrons. The monoisotopic (exact) mass is 306 g/mol. The van der Waals surface area contributed by atoms with Crippen LogP contribution >= 0.6 is 23.1 Å². The maximum atomic E-state index is 13.1. The summed E-state index contributed by atoms with van der Waals surface area (Å²) in [5, 5.41) is 1.19. The molecule has 0 unspecified atom stereocenters. The van der Waals surface area contributed by atoms with Crippen LogP contribution in [0.25, 0.3) is 10.2 Å². The molecule has 0 saturated heterocycles. The largest absolute Gasteiger partial charge is 0.301 e. The molecule has 0 spiro atoms. The third-order valence-electron chi connectivity index (χ3n) is 2.77. The first-order valence-electron chi connectivity index (χ1n) is 5.99. The Balaban J connectivity index is 1.86. The molecule has 0 aliphatic carbocycles. The van der Waals surface area contributed by atoms with E-state index in [-0.39, 0.29) is 11.4 Å². The van der Waals surface area contributed by atoms with Crippen molar-refractivity contribution in [2.75, 3.05) is 0 Å². The number of benzene rings is 1. The van der Waals surface area contributed by atoms with Gasteiger partial charge in [0.1, 0.15) is 10.6 Å². The lowest BCUT2D eigenvalue weighted by molar-refractivity contribution is 0.626. The molecule has 0 bridgehead atoms. The van der Waals surface area contributed by atoms with Gasteiger partial charge in [-0.3, -0.25) is 4.79 Å². The van der Waals surface area contributed by atoms with E-state index >= 15 is 0 Å². The van der Waals surface area contributed by atoms with Crippen LogP contribution in [0.3, 0.4) is 0 Å². The van der Waals surface area contributed by atoms with E-state index in [1.54, 1.807) is 6.07 Å². The predicted molar refractivity (Wildman–Crippen MR) is 80.9 cm³/mol. The summed E-state index contributed by atoms with van der Waals surface area (Å²) in [6.45, 7) is 1.95. The highest BCUT2D eigenvalue weighted by Crippen LogP contribution is 2.24. The smallest absolute Gasteiger partial charge is 0.260 e. The number of nitrogens with one attached hydrogen (secondary N) is 1. The minimum atomic E-state index is -0.256. The maximum Gasteiger partial charge on any atom is 0.260 e. The second kappa shape index (κ2) is 5.38. The summed E-state index contributed by atoms with van der Waals surface area (Å²) in [5.74, 6) is 0.310. The Hall–Kier alpha value is -1.66. The van der Waals surface area contributed by atoms with Crippen molar-refractivity contribution in [2.24, 2.45) is 0 Å². The van der Waals surface area contributed by atoms with Gasteiger partial charge in [-0.2, -0.15) is 0 Å². The van der Waals surface area contributed by atoms with Gasteiger partial charge in [0.25, 0.3) is 5.56 Å². The first-order chi connectivity index (χ1) is 9.61. The number of thioether (sulfide) groups is 1. The zero-order valence-electron chi connectivity index (χ0n) is 10.6. The summed E-state index contributed by atoms with van der Waals surface area (Å²) in [6.07, 6.45) is 0. The fourth-order valence-electron chi connectivity index (χ4n) is 1.88. The minimum absolute atomic E-state index is 0.124. The van der Waals surface area contributed by atoms with Gasteiger partial charge in [-0.25, -0.2) is 9.37 Å². The maximum absolute atomic E-state index is 13.1. The molecule has 0 atom stereocenters. The van der Waals surface area contributed by atoms with Crippen LogP contribution in [0.1, 0.15) is 10.4 Å². The summed E-state index contributed by atoms with van der Waals surface area (Å²) in [5.41, 5.74) is 0.737. The van der Waals surface area contributed by atoms with E-state index in [0.717, 1.165) is 15.3 Å². The zero-order chi connectivity index (χ0) is 14.1. The van der Waals surface area contributed by atoms with Crippen molar-refractivity contribution in [3.05, 3.63) is 56.9 Å². The number of fused-ring (bicyclic) bond motifs is 1. The normalized spacial score (nSPS) is 11.1. The Kier molecular flexibility index (Phi) is 3.58. The summed E-state index contributed by atoms with van der Waals surface area (Å²) in [7, 11) is 0. The minimum Gasteiger partial charge on any atom is -0.301 e. The van der Waals surface area contributed by atoms with Crippen LogP contribution in [0.4, 0.5) is 4.39 Å². The molecule has 0 aliphatic rings. The summed E-state index contributed by atoms with van der Waals surface area (Å²) < 4.78 is 13.1. The molecule has 0 aliphatic heterocycles. The molecule has 0 saturated carbocycles. The lowest BCUT2D eigenvalue weighted by atomic mass is 10.2. The summed E-state index contributed by atoms with van der Waals surface area (Å²) in [6, 6.07) is 8.26. The van der Waals surface area contributed by atoms with Gasteiger partial charge in [-0.15, -0.1) is 11.3 Å². The molecule has 6 heteroatoms. The van der Waals surface area contributed by atoms with E-state index in [2.05, 4.69) is 9.97 Å². The molecule has 2 aromatic heterocycles. The molecule has 3 nitrogen and oxygen atoms in total. The second-order valence-corrected chi connectivity index (χ2v) is 6.56. The molecule has 0 fully saturated rings. The van der Waals surface area contributed by atoms with Crippen LogP contribution in [0.15, 0.2) is 40.3 Å². The van der Waals surface area contributed by atoms with Gasteiger partial charge >= 0.3 is 0 Å². The van der Waals surface area contributed by atoms with E-state index in [9.17, 15) is 9.18 Å². The quantitative estimate of drug-likeness (QED) is 0.592. The van der Waals surface area contributed by atoms with E-state index in [4.69, 9.17) is 0 Å². The van der Waals surface area contributed by atoms with Crippen LogP contribution < -0.4 is 5.56 Å². The van der Waals surface area contributed by atoms with E-state index in [1.807, 2.05) is 19.1 Å². The summed E-state index contributed by atoms with van der Waals surface area (Å²) in [4.78, 5) is 20.9.